The lowest BCUT2D eigenvalue weighted by Gasteiger charge is -2.37. The third-order valence-electron chi connectivity index (χ3n) is 5.18. The summed E-state index contributed by atoms with van der Waals surface area (Å²) in [5.74, 6) is 2.89. The zero-order chi connectivity index (χ0) is 19.1. The first-order valence-electron chi connectivity index (χ1n) is 8.60. The summed E-state index contributed by atoms with van der Waals surface area (Å²) in [7, 11) is -1.94. The van der Waals surface area contributed by atoms with Gasteiger partial charge in [-0.1, -0.05) is 26.7 Å². The molecular weight excluding hydrogens is 336 g/mol. The first kappa shape index (κ1) is 20.4. The molecule has 2 fully saturated rings. The fourth-order valence-electron chi connectivity index (χ4n) is 2.77. The molecule has 0 aromatic carbocycles. The summed E-state index contributed by atoms with van der Waals surface area (Å²) in [6.45, 7) is 15.1. The van der Waals surface area contributed by atoms with Gasteiger partial charge in [-0.15, -0.1) is 12.8 Å². The van der Waals surface area contributed by atoms with Crippen LogP contribution in [0.1, 0.15) is 34.6 Å². The Morgan fingerprint density at radius 2 is 1.76 bits per heavy atom. The molecule has 2 aliphatic rings. The van der Waals surface area contributed by atoms with Gasteiger partial charge in [-0.25, -0.2) is 0 Å². The molecule has 0 bridgehead atoms. The molecule has 25 heavy (non-hydrogen) atoms. The summed E-state index contributed by atoms with van der Waals surface area (Å²) >= 11 is 0. The largest absolute Gasteiger partial charge is 0.414 e. The topological polar surface area (TPSA) is 46.2 Å². The SMILES string of the molecule is C#CCOC1(C#C)O[C@H](CO[Si](C)(C)C(C)(C)C)[C@H]2OC(C)(C)O[C@H]21. The molecule has 2 aliphatic heterocycles. The number of hydrogen-bond donors (Lipinski definition) is 0. The highest BCUT2D eigenvalue weighted by molar-refractivity contribution is 6.74. The van der Waals surface area contributed by atoms with E-state index in [0.29, 0.717) is 6.61 Å². The maximum Gasteiger partial charge on any atom is 0.264 e. The summed E-state index contributed by atoms with van der Waals surface area (Å²) in [5.41, 5.74) is 0. The normalized spacial score (nSPS) is 34.4. The van der Waals surface area contributed by atoms with Crippen molar-refractivity contribution >= 4 is 8.32 Å². The molecule has 0 spiro atoms. The Balaban J connectivity index is 2.20. The van der Waals surface area contributed by atoms with E-state index >= 15 is 0 Å². The zero-order valence-electron chi connectivity index (χ0n) is 16.3. The predicted octanol–water partition coefficient (Wildman–Crippen LogP) is 2.91. The number of fused-ring (bicyclic) bond motifs is 1. The van der Waals surface area contributed by atoms with Crippen LogP contribution < -0.4 is 0 Å². The molecular formula is C19H30O5Si. The molecule has 0 saturated carbocycles. The minimum Gasteiger partial charge on any atom is -0.414 e. The summed E-state index contributed by atoms with van der Waals surface area (Å²) in [6, 6.07) is 0. The lowest BCUT2D eigenvalue weighted by molar-refractivity contribution is -0.264. The molecule has 2 rings (SSSR count). The van der Waals surface area contributed by atoms with E-state index in [1.807, 2.05) is 13.8 Å². The van der Waals surface area contributed by atoms with Crippen LogP contribution in [-0.2, 0) is 23.4 Å². The molecule has 5 nitrogen and oxygen atoms in total. The minimum absolute atomic E-state index is 0.0347. The van der Waals surface area contributed by atoms with Gasteiger partial charge in [-0.2, -0.15) is 0 Å². The molecule has 2 heterocycles. The Hall–Kier alpha value is -0.863. The third-order valence-corrected chi connectivity index (χ3v) is 9.68. The Kier molecular flexibility index (Phi) is 5.48. The van der Waals surface area contributed by atoms with Crippen molar-refractivity contribution in [3.63, 3.8) is 0 Å². The van der Waals surface area contributed by atoms with Crippen molar-refractivity contribution in [2.45, 2.75) is 82.6 Å². The summed E-state index contributed by atoms with van der Waals surface area (Å²) in [5, 5.41) is 0.0977. The van der Waals surface area contributed by atoms with Gasteiger partial charge in [-0.3, -0.25) is 0 Å². The van der Waals surface area contributed by atoms with Gasteiger partial charge in [0.2, 0.25) is 0 Å². The van der Waals surface area contributed by atoms with Gasteiger partial charge in [-0.05, 0) is 37.9 Å². The van der Waals surface area contributed by atoms with Gasteiger partial charge < -0.3 is 23.4 Å². The lowest BCUT2D eigenvalue weighted by atomic mass is 10.1. The van der Waals surface area contributed by atoms with Gasteiger partial charge in [0.05, 0.1) is 6.61 Å². The molecule has 4 atom stereocenters. The Morgan fingerprint density at radius 1 is 1.12 bits per heavy atom. The molecule has 0 radical (unpaired) electrons. The molecule has 0 aromatic heterocycles. The Labute approximate surface area is 152 Å². The van der Waals surface area contributed by atoms with Crippen LogP contribution in [0.15, 0.2) is 0 Å². The van der Waals surface area contributed by atoms with Crippen LogP contribution in [0.4, 0.5) is 0 Å². The van der Waals surface area contributed by atoms with Crippen LogP contribution in [-0.4, -0.2) is 51.4 Å². The molecule has 0 amide bonds. The van der Waals surface area contributed by atoms with E-state index < -0.39 is 26.0 Å². The highest BCUT2D eigenvalue weighted by Gasteiger charge is 2.63. The maximum atomic E-state index is 6.31. The van der Waals surface area contributed by atoms with Crippen molar-refractivity contribution in [2.75, 3.05) is 13.2 Å². The van der Waals surface area contributed by atoms with Crippen molar-refractivity contribution < 1.29 is 23.4 Å². The van der Waals surface area contributed by atoms with E-state index in [-0.39, 0.29) is 23.9 Å². The second kappa shape index (κ2) is 6.70. The molecule has 140 valence electrons. The Morgan fingerprint density at radius 3 is 2.28 bits per heavy atom. The van der Waals surface area contributed by atoms with E-state index in [0.717, 1.165) is 0 Å². The monoisotopic (exact) mass is 366 g/mol. The van der Waals surface area contributed by atoms with E-state index in [9.17, 15) is 0 Å². The van der Waals surface area contributed by atoms with Crippen LogP contribution in [0.3, 0.4) is 0 Å². The number of ether oxygens (including phenoxy) is 4. The second-order valence-corrected chi connectivity index (χ2v) is 13.4. The predicted molar refractivity (Wildman–Crippen MR) is 98.2 cm³/mol. The van der Waals surface area contributed by atoms with E-state index in [1.54, 1.807) is 0 Å². The standard InChI is InChI=1S/C19H30O5Si/c1-10-12-20-19(11-2)16-15(23-18(6,7)24-16)14(22-19)13-21-25(8,9)17(3,4)5/h1-2,14-16H,12-13H2,3-9H3/t14-,15-,16-,19?/m1/s1. The molecule has 0 aliphatic carbocycles. The number of terminal acetylenes is 2. The van der Waals surface area contributed by atoms with E-state index in [4.69, 9.17) is 36.2 Å². The van der Waals surface area contributed by atoms with E-state index in [2.05, 4.69) is 45.7 Å². The molecule has 2 saturated heterocycles. The lowest BCUT2D eigenvalue weighted by Crippen LogP contribution is -2.45. The molecule has 6 heteroatoms. The van der Waals surface area contributed by atoms with Gasteiger partial charge in [0.25, 0.3) is 5.79 Å². The fraction of sp³-hybridized carbons (Fsp3) is 0.789. The van der Waals surface area contributed by atoms with Gasteiger partial charge >= 0.3 is 0 Å². The zero-order valence-corrected chi connectivity index (χ0v) is 17.3. The van der Waals surface area contributed by atoms with Crippen molar-refractivity contribution in [3.8, 4) is 24.7 Å². The van der Waals surface area contributed by atoms with Gasteiger partial charge in [0.15, 0.2) is 20.2 Å². The summed E-state index contributed by atoms with van der Waals surface area (Å²) in [6.07, 6.45) is 9.76. The fourth-order valence-corrected chi connectivity index (χ4v) is 3.79. The van der Waals surface area contributed by atoms with Crippen molar-refractivity contribution in [1.29, 1.82) is 0 Å². The van der Waals surface area contributed by atoms with Crippen LogP contribution in [0, 0.1) is 24.7 Å². The second-order valence-electron chi connectivity index (χ2n) is 8.55. The highest BCUT2D eigenvalue weighted by Crippen LogP contribution is 2.45. The van der Waals surface area contributed by atoms with Crippen LogP contribution in [0.5, 0.6) is 0 Å². The van der Waals surface area contributed by atoms with Crippen molar-refractivity contribution in [1.82, 2.24) is 0 Å². The first-order chi connectivity index (χ1) is 11.4. The average molecular weight is 367 g/mol. The van der Waals surface area contributed by atoms with Crippen LogP contribution >= 0.6 is 0 Å². The smallest absolute Gasteiger partial charge is 0.264 e. The molecule has 0 aromatic rings. The first-order valence-corrected chi connectivity index (χ1v) is 11.5. The third kappa shape index (κ3) is 3.95. The maximum absolute atomic E-state index is 6.31. The van der Waals surface area contributed by atoms with Crippen LogP contribution in [0.25, 0.3) is 0 Å². The Bertz CT molecular complexity index is 580. The molecule has 1 unspecified atom stereocenters. The van der Waals surface area contributed by atoms with Gasteiger partial charge in [0, 0.05) is 0 Å². The van der Waals surface area contributed by atoms with Crippen molar-refractivity contribution in [2.24, 2.45) is 0 Å². The van der Waals surface area contributed by atoms with Crippen LogP contribution in [0.2, 0.25) is 18.1 Å². The minimum atomic E-state index is -1.94. The summed E-state index contributed by atoms with van der Waals surface area (Å²) < 4.78 is 30.1. The van der Waals surface area contributed by atoms with E-state index in [1.165, 1.54) is 0 Å². The number of rotatable bonds is 5. The quantitative estimate of drug-likeness (QED) is 0.553. The highest BCUT2D eigenvalue weighted by atomic mass is 28.4. The molecule has 0 N–H and O–H groups in total. The number of hydrogen-bond acceptors (Lipinski definition) is 5. The van der Waals surface area contributed by atoms with Gasteiger partial charge in [0.1, 0.15) is 18.8 Å². The van der Waals surface area contributed by atoms with Crippen molar-refractivity contribution in [3.05, 3.63) is 0 Å². The average Bonchev–Trinajstić information content (AvgIpc) is 2.94. The summed E-state index contributed by atoms with van der Waals surface area (Å²) in [4.78, 5) is 0.